The summed E-state index contributed by atoms with van der Waals surface area (Å²) in [5.41, 5.74) is 8.60. The van der Waals surface area contributed by atoms with E-state index >= 15 is 0 Å². The van der Waals surface area contributed by atoms with Crippen molar-refractivity contribution < 1.29 is 0 Å². The Kier molecular flexibility index (Phi) is 5.50. The summed E-state index contributed by atoms with van der Waals surface area (Å²) in [6.07, 6.45) is 4.82. The topological polar surface area (TPSA) is 77.7 Å². The van der Waals surface area contributed by atoms with Crippen LogP contribution in [0.15, 0.2) is 41.2 Å². The lowest BCUT2D eigenvalue weighted by atomic mass is 10.1. The minimum absolute atomic E-state index is 0.901. The van der Waals surface area contributed by atoms with Crippen LogP contribution in [0.3, 0.4) is 0 Å². The molecule has 6 nitrogen and oxygen atoms in total. The van der Waals surface area contributed by atoms with E-state index in [2.05, 4.69) is 44.9 Å². The van der Waals surface area contributed by atoms with E-state index in [4.69, 9.17) is 5.73 Å². The van der Waals surface area contributed by atoms with E-state index in [0.717, 1.165) is 57.1 Å². The fourth-order valence-corrected chi connectivity index (χ4v) is 3.10. The summed E-state index contributed by atoms with van der Waals surface area (Å²) in [4.78, 5) is 6.94. The minimum atomic E-state index is -0.901. The minimum Gasteiger partial charge on any atom is -0.372 e. The second-order valence-corrected chi connectivity index (χ2v) is 6.49. The second kappa shape index (κ2) is 7.79. The van der Waals surface area contributed by atoms with Crippen LogP contribution in [0.5, 0.6) is 0 Å². The normalized spacial score (nSPS) is 24.3. The van der Waals surface area contributed by atoms with Crippen molar-refractivity contribution in [3.05, 3.63) is 47.3 Å². The van der Waals surface area contributed by atoms with Gasteiger partial charge in [0.25, 0.3) is 0 Å². The predicted molar refractivity (Wildman–Crippen MR) is 98.7 cm³/mol. The third-order valence-corrected chi connectivity index (χ3v) is 4.48. The Morgan fingerprint density at radius 2 is 2.17 bits per heavy atom. The van der Waals surface area contributed by atoms with E-state index in [1.807, 2.05) is 18.2 Å². The molecule has 5 N–H and O–H groups in total. The molecule has 0 amide bonds. The first-order valence-electron chi connectivity index (χ1n) is 8.72. The van der Waals surface area contributed by atoms with Gasteiger partial charge in [0.05, 0.1) is 0 Å². The lowest BCUT2D eigenvalue weighted by Gasteiger charge is -2.32. The van der Waals surface area contributed by atoms with Crippen molar-refractivity contribution in [3.63, 3.8) is 0 Å². The van der Waals surface area contributed by atoms with Crippen molar-refractivity contribution in [1.82, 2.24) is 20.9 Å². The van der Waals surface area contributed by atoms with Gasteiger partial charge < -0.3 is 20.9 Å². The molecular weight excluding hydrogens is 300 g/mol. The Hall–Kier alpha value is -1.89. The molecule has 2 aliphatic rings. The Balaban J connectivity index is 1.48. The summed E-state index contributed by atoms with van der Waals surface area (Å²) < 4.78 is 0. The highest BCUT2D eigenvalue weighted by atomic mass is 15.3. The average molecular weight is 328 g/mol. The van der Waals surface area contributed by atoms with Gasteiger partial charge in [-0.15, -0.1) is 0 Å². The molecule has 0 saturated carbocycles. The maximum atomic E-state index is 6.46. The van der Waals surface area contributed by atoms with Gasteiger partial charge >= 0.3 is 0 Å². The van der Waals surface area contributed by atoms with E-state index in [9.17, 15) is 0 Å². The quantitative estimate of drug-likeness (QED) is 0.571. The molecule has 1 unspecified atom stereocenters. The predicted octanol–water partition coefficient (Wildman–Crippen LogP) is 0.464. The van der Waals surface area contributed by atoms with Gasteiger partial charge in [-0.3, -0.25) is 5.73 Å². The second-order valence-electron chi connectivity index (χ2n) is 6.49. The van der Waals surface area contributed by atoms with Gasteiger partial charge in [0.1, 0.15) is 5.82 Å². The van der Waals surface area contributed by atoms with Crippen LogP contribution in [-0.2, 0) is 5.79 Å². The van der Waals surface area contributed by atoms with Gasteiger partial charge in [0.2, 0.25) is 5.79 Å². The van der Waals surface area contributed by atoms with Crippen LogP contribution in [0, 0.1) is 6.92 Å². The van der Waals surface area contributed by atoms with Crippen molar-refractivity contribution in [3.8, 4) is 0 Å². The van der Waals surface area contributed by atoms with Gasteiger partial charge in [-0.2, -0.15) is 0 Å². The summed E-state index contributed by atoms with van der Waals surface area (Å²) in [5.74, 6) is 0.0241. The highest BCUT2D eigenvalue weighted by Gasteiger charge is 2.28. The number of allylic oxidation sites excluding steroid dienone is 1. The molecular formula is C18H28N6. The van der Waals surface area contributed by atoms with Crippen LogP contribution in [0.1, 0.15) is 17.5 Å². The van der Waals surface area contributed by atoms with Gasteiger partial charge in [0.15, 0.2) is 0 Å². The largest absolute Gasteiger partial charge is 0.372 e. The summed E-state index contributed by atoms with van der Waals surface area (Å²) in [6, 6.07) is 8.14. The van der Waals surface area contributed by atoms with E-state index in [-0.39, 0.29) is 0 Å². The average Bonchev–Trinajstić information content (AvgIpc) is 2.60. The zero-order valence-electron chi connectivity index (χ0n) is 14.4. The standard InChI is InChI=1S/C18H28N6/c1-15-4-2-5-16(14-15)18(19)22-8-6-17(23-18)21-7-3-11-24-12-9-20-10-13-24/h2,4-6,8,14,20-21,23H,3,7,9-13,19H2,1H3. The molecule has 1 aromatic rings. The molecule has 1 atom stereocenters. The molecule has 2 aliphatic heterocycles. The number of nitrogens with two attached hydrogens (primary N) is 1. The summed E-state index contributed by atoms with van der Waals surface area (Å²) >= 11 is 0. The van der Waals surface area contributed by atoms with E-state index in [1.54, 1.807) is 6.21 Å². The summed E-state index contributed by atoms with van der Waals surface area (Å²) in [6.45, 7) is 8.60. The van der Waals surface area contributed by atoms with E-state index in [1.165, 1.54) is 5.56 Å². The molecule has 1 fully saturated rings. The smallest absolute Gasteiger partial charge is 0.210 e. The lowest BCUT2D eigenvalue weighted by molar-refractivity contribution is 0.238. The van der Waals surface area contributed by atoms with Crippen LogP contribution in [-0.4, -0.2) is 50.4 Å². The Morgan fingerprint density at radius 3 is 2.96 bits per heavy atom. The van der Waals surface area contributed by atoms with Gasteiger partial charge in [-0.25, -0.2) is 4.99 Å². The van der Waals surface area contributed by atoms with Crippen LogP contribution in [0.2, 0.25) is 0 Å². The highest BCUT2D eigenvalue weighted by Crippen LogP contribution is 2.20. The van der Waals surface area contributed by atoms with Crippen LogP contribution in [0.4, 0.5) is 0 Å². The number of piperazine rings is 1. The van der Waals surface area contributed by atoms with Crippen molar-refractivity contribution in [2.24, 2.45) is 10.7 Å². The van der Waals surface area contributed by atoms with Crippen LogP contribution in [0.25, 0.3) is 0 Å². The van der Waals surface area contributed by atoms with E-state index < -0.39 is 5.79 Å². The molecule has 6 heteroatoms. The van der Waals surface area contributed by atoms with Crippen molar-refractivity contribution in [2.75, 3.05) is 39.3 Å². The Bertz CT molecular complexity index is 605. The van der Waals surface area contributed by atoms with E-state index in [0.29, 0.717) is 0 Å². The number of aliphatic imine (C=N–C) groups is 1. The van der Waals surface area contributed by atoms with Crippen LogP contribution < -0.4 is 21.7 Å². The molecule has 130 valence electrons. The first kappa shape index (κ1) is 17.0. The summed E-state index contributed by atoms with van der Waals surface area (Å²) in [7, 11) is 0. The molecule has 0 aliphatic carbocycles. The SMILES string of the molecule is Cc1cccc(C2(N)N=CC=C(NCCCN3CCNCC3)N2)c1. The van der Waals surface area contributed by atoms with Crippen molar-refractivity contribution in [1.29, 1.82) is 0 Å². The first-order chi connectivity index (χ1) is 11.7. The maximum Gasteiger partial charge on any atom is 0.210 e. The Labute approximate surface area is 144 Å². The molecule has 1 aromatic carbocycles. The van der Waals surface area contributed by atoms with Crippen LogP contribution >= 0.6 is 0 Å². The van der Waals surface area contributed by atoms with Crippen molar-refractivity contribution in [2.45, 2.75) is 19.1 Å². The number of nitrogens with zero attached hydrogens (tertiary/aromatic N) is 2. The maximum absolute atomic E-state index is 6.46. The summed E-state index contributed by atoms with van der Waals surface area (Å²) in [5, 5.41) is 10.1. The number of hydrogen-bond acceptors (Lipinski definition) is 6. The number of rotatable bonds is 6. The lowest BCUT2D eigenvalue weighted by Crippen LogP contribution is -2.52. The number of benzene rings is 1. The monoisotopic (exact) mass is 328 g/mol. The molecule has 0 spiro atoms. The van der Waals surface area contributed by atoms with Crippen molar-refractivity contribution >= 4 is 6.21 Å². The number of hydrogen-bond donors (Lipinski definition) is 4. The number of nitrogens with one attached hydrogen (secondary N) is 3. The highest BCUT2D eigenvalue weighted by molar-refractivity contribution is 5.73. The van der Waals surface area contributed by atoms with Gasteiger partial charge in [-0.05, 0) is 26.0 Å². The fourth-order valence-electron chi connectivity index (χ4n) is 3.10. The molecule has 2 heterocycles. The zero-order chi connectivity index (χ0) is 16.8. The zero-order valence-corrected chi connectivity index (χ0v) is 14.4. The third-order valence-electron chi connectivity index (χ3n) is 4.48. The molecule has 0 aromatic heterocycles. The van der Waals surface area contributed by atoms with Gasteiger partial charge in [0, 0.05) is 44.5 Å². The van der Waals surface area contributed by atoms with Gasteiger partial charge in [-0.1, -0.05) is 29.8 Å². The molecule has 0 radical (unpaired) electrons. The fraction of sp³-hybridized carbons (Fsp3) is 0.500. The molecule has 1 saturated heterocycles. The first-order valence-corrected chi connectivity index (χ1v) is 8.72. The number of aryl methyl sites for hydroxylation is 1. The molecule has 24 heavy (non-hydrogen) atoms. The third kappa shape index (κ3) is 4.35. The Morgan fingerprint density at radius 1 is 1.33 bits per heavy atom. The molecule has 0 bridgehead atoms. The molecule has 3 rings (SSSR count).